The first-order valence-electron chi connectivity index (χ1n) is 7.57. The Kier molecular flexibility index (Phi) is 5.94. The van der Waals surface area contributed by atoms with E-state index in [0.717, 1.165) is 23.1 Å². The van der Waals surface area contributed by atoms with Gasteiger partial charge in [-0.1, -0.05) is 31.5 Å². The van der Waals surface area contributed by atoms with Crippen molar-refractivity contribution in [1.82, 2.24) is 4.90 Å². The second-order valence-corrected chi connectivity index (χ2v) is 6.50. The van der Waals surface area contributed by atoms with E-state index in [0.29, 0.717) is 12.0 Å². The maximum atomic E-state index is 12.7. The third kappa shape index (κ3) is 4.17. The molecule has 0 radical (unpaired) electrons. The van der Waals surface area contributed by atoms with Crippen LogP contribution in [-0.2, 0) is 0 Å². The van der Waals surface area contributed by atoms with Crippen molar-refractivity contribution in [2.24, 2.45) is 5.92 Å². The molecule has 0 amide bonds. The Hall–Kier alpha value is -1.15. The second-order valence-electron chi connectivity index (χ2n) is 6.50. The molecule has 0 saturated heterocycles. The van der Waals surface area contributed by atoms with Crippen molar-refractivity contribution in [2.75, 3.05) is 7.05 Å². The van der Waals surface area contributed by atoms with Gasteiger partial charge in [0.15, 0.2) is 5.78 Å². The molecule has 0 aliphatic carbocycles. The average Bonchev–Trinajstić information content (AvgIpc) is 2.38. The lowest BCUT2D eigenvalue weighted by Gasteiger charge is -2.31. The average molecular weight is 275 g/mol. The van der Waals surface area contributed by atoms with Gasteiger partial charge >= 0.3 is 0 Å². The fourth-order valence-electron chi connectivity index (χ4n) is 2.64. The monoisotopic (exact) mass is 275 g/mol. The summed E-state index contributed by atoms with van der Waals surface area (Å²) in [4.78, 5) is 14.9. The normalized spacial score (nSPS) is 14.7. The van der Waals surface area contributed by atoms with Gasteiger partial charge in [0.1, 0.15) is 0 Å². The largest absolute Gasteiger partial charge is 0.294 e. The second kappa shape index (κ2) is 7.03. The first-order valence-corrected chi connectivity index (χ1v) is 7.57. The first kappa shape index (κ1) is 16.9. The smallest absolute Gasteiger partial charge is 0.179 e. The maximum Gasteiger partial charge on any atom is 0.179 e. The topological polar surface area (TPSA) is 20.3 Å². The summed E-state index contributed by atoms with van der Waals surface area (Å²) in [6.07, 6.45) is 1.11. The number of carbonyl (C=O) groups is 1. The lowest BCUT2D eigenvalue weighted by Crippen LogP contribution is -2.42. The molecule has 2 atom stereocenters. The van der Waals surface area contributed by atoms with E-state index in [4.69, 9.17) is 0 Å². The lowest BCUT2D eigenvalue weighted by molar-refractivity contribution is 0.0810. The van der Waals surface area contributed by atoms with Gasteiger partial charge in [0, 0.05) is 11.6 Å². The van der Waals surface area contributed by atoms with Crippen LogP contribution in [0.1, 0.15) is 55.6 Å². The van der Waals surface area contributed by atoms with Crippen LogP contribution in [0.15, 0.2) is 18.2 Å². The fourth-order valence-corrected chi connectivity index (χ4v) is 2.64. The molecule has 0 saturated carbocycles. The zero-order valence-electron chi connectivity index (χ0n) is 14.0. The van der Waals surface area contributed by atoms with Crippen LogP contribution in [0.4, 0.5) is 0 Å². The molecule has 112 valence electrons. The van der Waals surface area contributed by atoms with Crippen LogP contribution in [0, 0.1) is 19.8 Å². The highest BCUT2D eigenvalue weighted by Gasteiger charge is 2.24. The van der Waals surface area contributed by atoms with E-state index in [1.165, 1.54) is 0 Å². The molecule has 0 aliphatic rings. The maximum absolute atomic E-state index is 12.7. The van der Waals surface area contributed by atoms with E-state index >= 15 is 0 Å². The van der Waals surface area contributed by atoms with Gasteiger partial charge in [0.05, 0.1) is 6.04 Å². The summed E-state index contributed by atoms with van der Waals surface area (Å²) < 4.78 is 0. The van der Waals surface area contributed by atoms with E-state index in [2.05, 4.69) is 38.8 Å². The highest BCUT2D eigenvalue weighted by atomic mass is 16.1. The van der Waals surface area contributed by atoms with E-state index in [-0.39, 0.29) is 11.8 Å². The van der Waals surface area contributed by atoms with Gasteiger partial charge < -0.3 is 0 Å². The van der Waals surface area contributed by atoms with Crippen LogP contribution in [-0.4, -0.2) is 29.8 Å². The van der Waals surface area contributed by atoms with Gasteiger partial charge in [-0.15, -0.1) is 0 Å². The number of rotatable bonds is 6. The highest BCUT2D eigenvalue weighted by Crippen LogP contribution is 2.18. The third-order valence-electron chi connectivity index (χ3n) is 4.16. The molecule has 0 spiro atoms. The molecule has 0 N–H and O–H groups in total. The molecule has 0 fully saturated rings. The molecule has 0 heterocycles. The fraction of sp³-hybridized carbons (Fsp3) is 0.611. The Bertz CT molecular complexity index is 464. The van der Waals surface area contributed by atoms with Crippen molar-refractivity contribution in [3.8, 4) is 0 Å². The quantitative estimate of drug-likeness (QED) is 0.724. The predicted octanol–water partition coefficient (Wildman–Crippen LogP) is 4.24. The Morgan fingerprint density at radius 3 is 2.30 bits per heavy atom. The van der Waals surface area contributed by atoms with Gasteiger partial charge in [0.2, 0.25) is 0 Å². The summed E-state index contributed by atoms with van der Waals surface area (Å²) >= 11 is 0. The minimum absolute atomic E-state index is 0.0794. The molecule has 1 rings (SSSR count). The Balaban J connectivity index is 2.88. The van der Waals surface area contributed by atoms with Crippen LogP contribution in [0.5, 0.6) is 0 Å². The molecule has 0 bridgehead atoms. The van der Waals surface area contributed by atoms with Crippen molar-refractivity contribution in [2.45, 2.75) is 60.0 Å². The Labute approximate surface area is 124 Å². The van der Waals surface area contributed by atoms with Crippen LogP contribution in [0.2, 0.25) is 0 Å². The standard InChI is InChI=1S/C18H29NO/c1-12(2)10-15(5)19(7)16(6)18(20)17-11-13(3)8-9-14(17)4/h8-9,11-12,15-16H,10H2,1-7H3. The number of likely N-dealkylation sites (N-methyl/N-ethyl adjacent to an activating group) is 1. The molecule has 1 aromatic rings. The van der Waals surface area contributed by atoms with Gasteiger partial charge in [-0.3, -0.25) is 9.69 Å². The highest BCUT2D eigenvalue weighted by molar-refractivity contribution is 6.01. The molecule has 2 unspecified atom stereocenters. The summed E-state index contributed by atoms with van der Waals surface area (Å²) in [6, 6.07) is 6.44. The van der Waals surface area contributed by atoms with E-state index in [1.54, 1.807) is 0 Å². The molecular formula is C18H29NO. The lowest BCUT2D eigenvalue weighted by atomic mass is 9.96. The minimum Gasteiger partial charge on any atom is -0.294 e. The van der Waals surface area contributed by atoms with Crippen molar-refractivity contribution in [1.29, 1.82) is 0 Å². The Morgan fingerprint density at radius 2 is 1.75 bits per heavy atom. The van der Waals surface area contributed by atoms with Crippen LogP contribution in [0.25, 0.3) is 0 Å². The van der Waals surface area contributed by atoms with Gasteiger partial charge in [-0.25, -0.2) is 0 Å². The molecule has 1 aromatic carbocycles. The Morgan fingerprint density at radius 1 is 1.15 bits per heavy atom. The van der Waals surface area contributed by atoms with Crippen molar-refractivity contribution in [3.63, 3.8) is 0 Å². The first-order chi connectivity index (χ1) is 9.23. The zero-order chi connectivity index (χ0) is 15.4. The number of benzene rings is 1. The van der Waals surface area contributed by atoms with Gasteiger partial charge in [-0.05, 0) is 58.7 Å². The molecule has 2 heteroatoms. The summed E-state index contributed by atoms with van der Waals surface area (Å²) in [5, 5.41) is 0. The van der Waals surface area contributed by atoms with E-state index in [1.807, 2.05) is 32.9 Å². The number of hydrogen-bond acceptors (Lipinski definition) is 2. The molecule has 20 heavy (non-hydrogen) atoms. The number of carbonyl (C=O) groups excluding carboxylic acids is 1. The van der Waals surface area contributed by atoms with Crippen molar-refractivity contribution in [3.05, 3.63) is 34.9 Å². The molecule has 0 aliphatic heterocycles. The summed E-state index contributed by atoms with van der Waals surface area (Å²) in [6.45, 7) is 12.7. The number of aryl methyl sites for hydroxylation is 2. The minimum atomic E-state index is -0.0794. The third-order valence-corrected chi connectivity index (χ3v) is 4.16. The van der Waals surface area contributed by atoms with Crippen molar-refractivity contribution >= 4 is 5.78 Å². The summed E-state index contributed by atoms with van der Waals surface area (Å²) in [5.41, 5.74) is 3.07. The van der Waals surface area contributed by atoms with Gasteiger partial charge in [-0.2, -0.15) is 0 Å². The van der Waals surface area contributed by atoms with Crippen molar-refractivity contribution < 1.29 is 4.79 Å². The number of nitrogens with zero attached hydrogens (tertiary/aromatic N) is 1. The van der Waals surface area contributed by atoms with E-state index in [9.17, 15) is 4.79 Å². The number of Topliss-reactive ketones (excluding diaryl/α,β-unsaturated/α-hetero) is 1. The van der Waals surface area contributed by atoms with E-state index < -0.39 is 0 Å². The van der Waals surface area contributed by atoms with Crippen LogP contribution < -0.4 is 0 Å². The summed E-state index contributed by atoms with van der Waals surface area (Å²) in [7, 11) is 2.06. The number of hydrogen-bond donors (Lipinski definition) is 0. The summed E-state index contributed by atoms with van der Waals surface area (Å²) in [5.74, 6) is 0.875. The predicted molar refractivity (Wildman–Crippen MR) is 86.4 cm³/mol. The van der Waals surface area contributed by atoms with Crippen LogP contribution in [0.3, 0.4) is 0 Å². The van der Waals surface area contributed by atoms with Gasteiger partial charge in [0.25, 0.3) is 0 Å². The van der Waals surface area contributed by atoms with Crippen LogP contribution >= 0.6 is 0 Å². The number of ketones is 1. The zero-order valence-corrected chi connectivity index (χ0v) is 14.0. The molecule has 0 aromatic heterocycles. The molecular weight excluding hydrogens is 246 g/mol. The molecule has 2 nitrogen and oxygen atoms in total. The SMILES string of the molecule is Cc1ccc(C)c(C(=O)C(C)N(C)C(C)CC(C)C)c1.